The Kier molecular flexibility index (Phi) is 5.62. The number of aliphatic hydroxyl groups excluding tert-OH is 1. The monoisotopic (exact) mass is 370 g/mol. The molecule has 0 atom stereocenters. The molecule has 0 amide bonds. The van der Waals surface area contributed by atoms with E-state index in [1.54, 1.807) is 24.4 Å². The minimum atomic E-state index is -0.995. The van der Waals surface area contributed by atoms with E-state index in [1.807, 2.05) is 6.07 Å². The highest BCUT2D eigenvalue weighted by Crippen LogP contribution is 2.25. The fourth-order valence-electron chi connectivity index (χ4n) is 2.56. The van der Waals surface area contributed by atoms with Crippen LogP contribution in [0.4, 0.5) is 0 Å². The van der Waals surface area contributed by atoms with Gasteiger partial charge >= 0.3 is 5.97 Å². The number of methoxy groups -OCH3 is 1. The number of carbonyl (C=O) groups is 1. The highest BCUT2D eigenvalue weighted by atomic mass is 16.5. The molecule has 0 bridgehead atoms. The third kappa shape index (κ3) is 4.21. The van der Waals surface area contributed by atoms with Gasteiger partial charge in [0.05, 0.1) is 31.3 Å². The van der Waals surface area contributed by atoms with Crippen molar-refractivity contribution in [3.63, 3.8) is 0 Å². The topological polar surface area (TPSA) is 120 Å². The molecule has 9 nitrogen and oxygen atoms in total. The molecule has 0 aliphatic heterocycles. The Balaban J connectivity index is 1.86. The molecule has 3 heterocycles. The predicted octanol–water partition coefficient (Wildman–Crippen LogP) is 1.50. The van der Waals surface area contributed by atoms with Gasteiger partial charge in [-0.05, 0) is 12.1 Å². The van der Waals surface area contributed by atoms with Gasteiger partial charge in [-0.1, -0.05) is 6.07 Å². The molecule has 0 spiro atoms. The molecule has 0 unspecified atom stereocenters. The molecule has 0 aliphatic carbocycles. The second-order valence-electron chi connectivity index (χ2n) is 5.56. The Morgan fingerprint density at radius 3 is 2.81 bits per heavy atom. The lowest BCUT2D eigenvalue weighted by Gasteiger charge is -2.13. The smallest absolute Gasteiger partial charge is 0.325 e. The van der Waals surface area contributed by atoms with E-state index < -0.39 is 5.97 Å². The van der Waals surface area contributed by atoms with Crippen LogP contribution in [0.15, 0.2) is 42.9 Å². The lowest BCUT2D eigenvalue weighted by atomic mass is 10.1. The van der Waals surface area contributed by atoms with Crippen molar-refractivity contribution in [2.45, 2.75) is 19.8 Å². The van der Waals surface area contributed by atoms with Crippen molar-refractivity contribution in [2.75, 3.05) is 7.11 Å². The fraction of sp³-hybridized carbons (Fsp3) is 0.222. The minimum absolute atomic E-state index is 0.155. The summed E-state index contributed by atoms with van der Waals surface area (Å²) < 4.78 is 12.2. The van der Waals surface area contributed by atoms with Crippen LogP contribution in [0.2, 0.25) is 0 Å². The number of aromatic nitrogens is 4. The van der Waals surface area contributed by atoms with Crippen LogP contribution >= 0.6 is 0 Å². The van der Waals surface area contributed by atoms with Crippen molar-refractivity contribution in [2.24, 2.45) is 0 Å². The molecule has 9 heteroatoms. The minimum Gasteiger partial charge on any atom is -0.487 e. The zero-order valence-electron chi connectivity index (χ0n) is 14.6. The van der Waals surface area contributed by atoms with Crippen LogP contribution in [-0.2, 0) is 24.6 Å². The number of carboxylic acid groups (broad SMARTS) is 1. The van der Waals surface area contributed by atoms with Gasteiger partial charge in [-0.15, -0.1) is 0 Å². The quantitative estimate of drug-likeness (QED) is 0.612. The summed E-state index contributed by atoms with van der Waals surface area (Å²) in [5, 5.41) is 22.6. The second kappa shape index (κ2) is 8.28. The van der Waals surface area contributed by atoms with Gasteiger partial charge in [-0.25, -0.2) is 4.98 Å². The summed E-state index contributed by atoms with van der Waals surface area (Å²) in [5.41, 5.74) is 2.43. The van der Waals surface area contributed by atoms with Crippen molar-refractivity contribution in [3.8, 4) is 23.0 Å². The molecule has 0 aliphatic rings. The second-order valence-corrected chi connectivity index (χ2v) is 5.56. The first-order chi connectivity index (χ1) is 13.1. The van der Waals surface area contributed by atoms with E-state index in [2.05, 4.69) is 15.1 Å². The standard InChI is InChI=1S/C18H18N4O5/c1-26-16-7-13(10-23)15(8-20-16)27-11-12-3-2-5-19-18(12)14-4-6-21-22(14)9-17(24)25/h2-8,23H,9-11H2,1H3,(H,24,25). The van der Waals surface area contributed by atoms with E-state index in [0.29, 0.717) is 28.6 Å². The number of pyridine rings is 2. The van der Waals surface area contributed by atoms with Gasteiger partial charge in [0, 0.05) is 29.6 Å². The van der Waals surface area contributed by atoms with Crippen LogP contribution in [0.25, 0.3) is 11.4 Å². The third-order valence-corrected chi connectivity index (χ3v) is 3.82. The van der Waals surface area contributed by atoms with Crippen molar-refractivity contribution in [1.82, 2.24) is 19.7 Å². The molecular weight excluding hydrogens is 352 g/mol. The largest absolute Gasteiger partial charge is 0.487 e. The van der Waals surface area contributed by atoms with Gasteiger partial charge in [0.2, 0.25) is 5.88 Å². The number of hydrogen-bond donors (Lipinski definition) is 2. The first-order valence-corrected chi connectivity index (χ1v) is 8.06. The van der Waals surface area contributed by atoms with Gasteiger partial charge in [0.1, 0.15) is 18.9 Å². The zero-order valence-corrected chi connectivity index (χ0v) is 14.6. The van der Waals surface area contributed by atoms with Gasteiger partial charge in [-0.2, -0.15) is 5.10 Å². The molecule has 0 saturated carbocycles. The molecule has 3 aromatic heterocycles. The Morgan fingerprint density at radius 2 is 2.07 bits per heavy atom. The van der Waals surface area contributed by atoms with Gasteiger partial charge < -0.3 is 19.7 Å². The predicted molar refractivity (Wildman–Crippen MR) is 94.1 cm³/mol. The van der Waals surface area contributed by atoms with E-state index >= 15 is 0 Å². The summed E-state index contributed by atoms with van der Waals surface area (Å²) in [5.74, 6) is -0.191. The van der Waals surface area contributed by atoms with E-state index in [-0.39, 0.29) is 19.8 Å². The van der Waals surface area contributed by atoms with Crippen molar-refractivity contribution >= 4 is 5.97 Å². The number of nitrogens with zero attached hydrogens (tertiary/aromatic N) is 4. The van der Waals surface area contributed by atoms with Crippen molar-refractivity contribution < 1.29 is 24.5 Å². The fourth-order valence-corrected chi connectivity index (χ4v) is 2.56. The van der Waals surface area contributed by atoms with Crippen molar-refractivity contribution in [1.29, 1.82) is 0 Å². The molecule has 3 rings (SSSR count). The summed E-state index contributed by atoms with van der Waals surface area (Å²) in [6.45, 7) is -0.335. The van der Waals surface area contributed by atoms with Crippen LogP contribution in [0.3, 0.4) is 0 Å². The summed E-state index contributed by atoms with van der Waals surface area (Å²) >= 11 is 0. The van der Waals surface area contributed by atoms with Crippen LogP contribution in [0.1, 0.15) is 11.1 Å². The lowest BCUT2D eigenvalue weighted by molar-refractivity contribution is -0.137. The Morgan fingerprint density at radius 1 is 1.22 bits per heavy atom. The van der Waals surface area contributed by atoms with E-state index in [0.717, 1.165) is 5.56 Å². The Bertz CT molecular complexity index is 941. The lowest BCUT2D eigenvalue weighted by Crippen LogP contribution is -2.12. The Labute approximate surface area is 154 Å². The third-order valence-electron chi connectivity index (χ3n) is 3.82. The van der Waals surface area contributed by atoms with Crippen molar-refractivity contribution in [3.05, 3.63) is 54.0 Å². The van der Waals surface area contributed by atoms with Crippen LogP contribution in [0, 0.1) is 0 Å². The van der Waals surface area contributed by atoms with Crippen LogP contribution in [-0.4, -0.2) is 43.0 Å². The van der Waals surface area contributed by atoms with Crippen LogP contribution in [0.5, 0.6) is 11.6 Å². The summed E-state index contributed by atoms with van der Waals surface area (Å²) in [6, 6.07) is 6.89. The first kappa shape index (κ1) is 18.3. The Hall–Kier alpha value is -3.46. The summed E-state index contributed by atoms with van der Waals surface area (Å²) in [6.07, 6.45) is 4.62. The average molecular weight is 370 g/mol. The number of aliphatic carboxylic acids is 1. The molecule has 0 radical (unpaired) electrons. The number of ether oxygens (including phenoxy) is 2. The number of rotatable bonds is 8. The molecular formula is C18H18N4O5. The van der Waals surface area contributed by atoms with Gasteiger partial charge in [0.25, 0.3) is 0 Å². The van der Waals surface area contributed by atoms with Gasteiger partial charge in [-0.3, -0.25) is 14.5 Å². The number of hydrogen-bond acceptors (Lipinski definition) is 7. The van der Waals surface area contributed by atoms with Gasteiger partial charge in [0.15, 0.2) is 0 Å². The highest BCUT2D eigenvalue weighted by molar-refractivity contribution is 5.68. The molecule has 3 aromatic rings. The number of aliphatic hydroxyl groups is 1. The van der Waals surface area contributed by atoms with E-state index in [4.69, 9.17) is 14.6 Å². The molecule has 140 valence electrons. The maximum absolute atomic E-state index is 11.0. The summed E-state index contributed by atoms with van der Waals surface area (Å²) in [7, 11) is 1.49. The highest BCUT2D eigenvalue weighted by Gasteiger charge is 2.15. The number of carboxylic acids is 1. The van der Waals surface area contributed by atoms with E-state index in [9.17, 15) is 9.90 Å². The maximum Gasteiger partial charge on any atom is 0.325 e. The van der Waals surface area contributed by atoms with E-state index in [1.165, 1.54) is 24.2 Å². The maximum atomic E-state index is 11.0. The summed E-state index contributed by atoms with van der Waals surface area (Å²) in [4.78, 5) is 19.5. The first-order valence-electron chi connectivity index (χ1n) is 8.06. The van der Waals surface area contributed by atoms with Crippen LogP contribution < -0.4 is 9.47 Å². The zero-order chi connectivity index (χ0) is 19.2. The molecule has 0 aromatic carbocycles. The molecule has 0 saturated heterocycles. The molecule has 2 N–H and O–H groups in total. The SMILES string of the molecule is COc1cc(CO)c(OCc2cccnc2-c2ccnn2CC(=O)O)cn1. The normalized spacial score (nSPS) is 10.6. The average Bonchev–Trinajstić information content (AvgIpc) is 3.13. The molecule has 27 heavy (non-hydrogen) atoms. The molecule has 0 fully saturated rings.